The van der Waals surface area contributed by atoms with E-state index in [1.54, 1.807) is 6.26 Å². The summed E-state index contributed by atoms with van der Waals surface area (Å²) in [5.41, 5.74) is 1.21. The molecular weight excluding hydrogens is 292 g/mol. The lowest BCUT2D eigenvalue weighted by Gasteiger charge is -2.42. The zero-order chi connectivity index (χ0) is 15.6. The van der Waals surface area contributed by atoms with E-state index in [9.17, 15) is 4.79 Å². The van der Waals surface area contributed by atoms with E-state index in [-0.39, 0.29) is 11.9 Å². The first-order valence-corrected chi connectivity index (χ1v) is 8.35. The van der Waals surface area contributed by atoms with Gasteiger partial charge in [0.25, 0.3) is 0 Å². The number of carbonyl (C=O) groups excluding carboxylic acids is 1. The fourth-order valence-corrected chi connectivity index (χ4v) is 3.48. The van der Waals surface area contributed by atoms with Gasteiger partial charge in [-0.1, -0.05) is 6.42 Å². The molecule has 3 heterocycles. The van der Waals surface area contributed by atoms with E-state index in [4.69, 9.17) is 4.42 Å². The summed E-state index contributed by atoms with van der Waals surface area (Å²) < 4.78 is 7.28. The molecule has 122 valence electrons. The molecular formula is C17H22N4O2. The number of aromatic nitrogens is 2. The molecule has 0 bridgehead atoms. The Morgan fingerprint density at radius 1 is 1.39 bits per heavy atom. The number of rotatable bonds is 5. The monoisotopic (exact) mass is 314 g/mol. The van der Waals surface area contributed by atoms with Crippen molar-refractivity contribution in [1.82, 2.24) is 20.0 Å². The van der Waals surface area contributed by atoms with Crippen molar-refractivity contribution in [2.75, 3.05) is 6.54 Å². The van der Waals surface area contributed by atoms with Crippen LogP contribution in [0, 0.1) is 0 Å². The topological polar surface area (TPSA) is 63.3 Å². The van der Waals surface area contributed by atoms with Gasteiger partial charge in [0.1, 0.15) is 5.76 Å². The number of hydrogen-bond donors (Lipinski definition) is 1. The van der Waals surface area contributed by atoms with Gasteiger partial charge in [-0.25, -0.2) is 0 Å². The fourth-order valence-electron chi connectivity index (χ4n) is 3.48. The lowest BCUT2D eigenvalue weighted by atomic mass is 9.90. The van der Waals surface area contributed by atoms with E-state index in [2.05, 4.69) is 21.4 Å². The van der Waals surface area contributed by atoms with Crippen molar-refractivity contribution in [3.63, 3.8) is 0 Å². The summed E-state index contributed by atoms with van der Waals surface area (Å²) in [6.45, 7) is 2.31. The van der Waals surface area contributed by atoms with Crippen LogP contribution in [0.4, 0.5) is 0 Å². The van der Waals surface area contributed by atoms with Crippen LogP contribution in [-0.4, -0.2) is 33.2 Å². The Labute approximate surface area is 135 Å². The Balaban J connectivity index is 1.39. The molecule has 0 radical (unpaired) electrons. The van der Waals surface area contributed by atoms with Crippen molar-refractivity contribution in [3.8, 4) is 0 Å². The average molecular weight is 314 g/mol. The second kappa shape index (κ2) is 6.20. The van der Waals surface area contributed by atoms with Gasteiger partial charge in [-0.3, -0.25) is 14.4 Å². The predicted octanol–water partition coefficient (Wildman–Crippen LogP) is 2.09. The molecule has 1 amide bonds. The molecule has 1 aliphatic heterocycles. The van der Waals surface area contributed by atoms with Crippen molar-refractivity contribution in [2.45, 2.75) is 50.9 Å². The van der Waals surface area contributed by atoms with Crippen LogP contribution < -0.4 is 5.32 Å². The molecule has 6 heteroatoms. The number of amides is 1. The lowest BCUT2D eigenvalue weighted by Crippen LogP contribution is -2.47. The first-order valence-electron chi connectivity index (χ1n) is 8.35. The molecule has 23 heavy (non-hydrogen) atoms. The van der Waals surface area contributed by atoms with Gasteiger partial charge in [-0.2, -0.15) is 5.10 Å². The Morgan fingerprint density at radius 2 is 2.30 bits per heavy atom. The number of furan rings is 1. The molecule has 1 fully saturated rings. The fraction of sp³-hybridized carbons (Fsp3) is 0.529. The standard InChI is InChI=1S/C17H22N4O2/c22-17(18-10-16-5-2-8-23-16)9-15-12-20(13-3-1-4-13)11-14-6-7-19-21(14)15/h2,5-8,13,15H,1,3-4,9-12H2,(H,18,22)/t15-/m1/s1. The predicted molar refractivity (Wildman–Crippen MR) is 84.5 cm³/mol. The Kier molecular flexibility index (Phi) is 3.91. The summed E-state index contributed by atoms with van der Waals surface area (Å²) in [5, 5.41) is 7.37. The minimum atomic E-state index is 0.0447. The van der Waals surface area contributed by atoms with Crippen LogP contribution in [0.2, 0.25) is 0 Å². The van der Waals surface area contributed by atoms with Gasteiger partial charge >= 0.3 is 0 Å². The maximum absolute atomic E-state index is 12.3. The number of nitrogens with one attached hydrogen (secondary N) is 1. The third kappa shape index (κ3) is 3.03. The highest BCUT2D eigenvalue weighted by Gasteiger charge is 2.33. The Morgan fingerprint density at radius 3 is 3.04 bits per heavy atom. The van der Waals surface area contributed by atoms with Crippen LogP contribution in [0.5, 0.6) is 0 Å². The van der Waals surface area contributed by atoms with Gasteiger partial charge in [0.05, 0.1) is 31.0 Å². The van der Waals surface area contributed by atoms with Gasteiger partial charge in [-0.05, 0) is 31.0 Å². The van der Waals surface area contributed by atoms with Gasteiger partial charge in [-0.15, -0.1) is 0 Å². The maximum atomic E-state index is 12.3. The van der Waals surface area contributed by atoms with Crippen LogP contribution in [0.1, 0.15) is 43.2 Å². The lowest BCUT2D eigenvalue weighted by molar-refractivity contribution is -0.122. The van der Waals surface area contributed by atoms with Crippen molar-refractivity contribution in [3.05, 3.63) is 42.1 Å². The molecule has 1 N–H and O–H groups in total. The van der Waals surface area contributed by atoms with Gasteiger partial charge in [0, 0.05) is 25.3 Å². The highest BCUT2D eigenvalue weighted by Crippen LogP contribution is 2.31. The van der Waals surface area contributed by atoms with Gasteiger partial charge in [0.2, 0.25) is 5.91 Å². The molecule has 2 aromatic rings. The Hall–Kier alpha value is -2.08. The van der Waals surface area contributed by atoms with Crippen molar-refractivity contribution < 1.29 is 9.21 Å². The van der Waals surface area contributed by atoms with Crippen LogP contribution >= 0.6 is 0 Å². The molecule has 0 aromatic carbocycles. The van der Waals surface area contributed by atoms with Crippen molar-refractivity contribution in [1.29, 1.82) is 0 Å². The molecule has 0 saturated heterocycles. The minimum absolute atomic E-state index is 0.0447. The van der Waals surface area contributed by atoms with Crippen molar-refractivity contribution >= 4 is 5.91 Å². The summed E-state index contributed by atoms with van der Waals surface area (Å²) in [7, 11) is 0. The Bertz CT molecular complexity index is 660. The third-order valence-corrected chi connectivity index (χ3v) is 4.96. The highest BCUT2D eigenvalue weighted by molar-refractivity contribution is 5.76. The zero-order valence-corrected chi connectivity index (χ0v) is 13.1. The van der Waals surface area contributed by atoms with E-state index >= 15 is 0 Å². The number of nitrogens with zero attached hydrogens (tertiary/aromatic N) is 3. The summed E-state index contributed by atoms with van der Waals surface area (Å²) in [6, 6.07) is 6.57. The van der Waals surface area contributed by atoms with E-state index in [1.807, 2.05) is 23.0 Å². The van der Waals surface area contributed by atoms with Crippen LogP contribution in [0.3, 0.4) is 0 Å². The van der Waals surface area contributed by atoms with Gasteiger partial charge in [0.15, 0.2) is 0 Å². The third-order valence-electron chi connectivity index (χ3n) is 4.96. The molecule has 0 spiro atoms. The first-order chi connectivity index (χ1) is 11.3. The molecule has 2 aliphatic rings. The number of fused-ring (bicyclic) bond motifs is 1. The van der Waals surface area contributed by atoms with E-state index < -0.39 is 0 Å². The first kappa shape index (κ1) is 14.5. The van der Waals surface area contributed by atoms with E-state index in [1.165, 1.54) is 25.0 Å². The summed E-state index contributed by atoms with van der Waals surface area (Å²) in [4.78, 5) is 14.8. The molecule has 4 rings (SSSR count). The summed E-state index contributed by atoms with van der Waals surface area (Å²) >= 11 is 0. The summed E-state index contributed by atoms with van der Waals surface area (Å²) in [6.07, 6.45) is 7.81. The molecule has 1 aliphatic carbocycles. The van der Waals surface area contributed by atoms with Crippen molar-refractivity contribution in [2.24, 2.45) is 0 Å². The molecule has 2 aromatic heterocycles. The van der Waals surface area contributed by atoms with Gasteiger partial charge < -0.3 is 9.73 Å². The number of hydrogen-bond acceptors (Lipinski definition) is 4. The number of carbonyl (C=O) groups is 1. The second-order valence-electron chi connectivity index (χ2n) is 6.50. The molecule has 1 atom stereocenters. The van der Waals surface area contributed by atoms with Crippen LogP contribution in [0.15, 0.2) is 35.1 Å². The second-order valence-corrected chi connectivity index (χ2v) is 6.50. The van der Waals surface area contributed by atoms with E-state index in [0.29, 0.717) is 19.0 Å². The minimum Gasteiger partial charge on any atom is -0.467 e. The molecule has 0 unspecified atom stereocenters. The SMILES string of the molecule is O=C(C[C@@H]1CN(C2CCC2)Cc2ccnn21)NCc1ccco1. The van der Waals surface area contributed by atoms with Crippen LogP contribution in [-0.2, 0) is 17.9 Å². The normalized spacial score (nSPS) is 21.7. The largest absolute Gasteiger partial charge is 0.467 e. The smallest absolute Gasteiger partial charge is 0.222 e. The van der Waals surface area contributed by atoms with E-state index in [0.717, 1.165) is 18.8 Å². The van der Waals surface area contributed by atoms with Crippen LogP contribution in [0.25, 0.3) is 0 Å². The average Bonchev–Trinajstić information content (AvgIpc) is 3.14. The molecule has 1 saturated carbocycles. The highest BCUT2D eigenvalue weighted by atomic mass is 16.3. The zero-order valence-electron chi connectivity index (χ0n) is 13.1. The summed E-state index contributed by atoms with van der Waals surface area (Å²) in [5.74, 6) is 0.821. The quantitative estimate of drug-likeness (QED) is 0.918. The maximum Gasteiger partial charge on any atom is 0.222 e. The molecule has 6 nitrogen and oxygen atoms in total.